The lowest BCUT2D eigenvalue weighted by Crippen LogP contribution is -2.35. The maximum absolute atomic E-state index is 14.0. The first-order valence-electron chi connectivity index (χ1n) is 12.3. The number of nitrogens with zero attached hydrogens (tertiary/aromatic N) is 1. The lowest BCUT2D eigenvalue weighted by Gasteiger charge is -2.26. The monoisotopic (exact) mass is 511 g/mol. The van der Waals surface area contributed by atoms with Gasteiger partial charge in [0, 0.05) is 11.1 Å². The summed E-state index contributed by atoms with van der Waals surface area (Å²) in [6, 6.07) is 40.8. The average Bonchev–Trinajstić information content (AvgIpc) is 2.98. The highest BCUT2D eigenvalue weighted by molar-refractivity contribution is 7.89. The van der Waals surface area contributed by atoms with Crippen molar-refractivity contribution >= 4 is 20.8 Å². The third-order valence-corrected chi connectivity index (χ3v) is 7.95. The van der Waals surface area contributed by atoms with Gasteiger partial charge in [-0.3, -0.25) is 0 Å². The first-order chi connectivity index (χ1) is 18.6. The molecule has 0 bridgehead atoms. The molecule has 0 radical (unpaired) electrons. The fourth-order valence-electron chi connectivity index (χ4n) is 4.22. The number of benzene rings is 5. The highest BCUT2D eigenvalue weighted by atomic mass is 32.2. The van der Waals surface area contributed by atoms with Gasteiger partial charge in [0.2, 0.25) is 10.0 Å². The third-order valence-electron chi connectivity index (χ3n) is 6.13. The van der Waals surface area contributed by atoms with Crippen molar-refractivity contribution in [2.75, 3.05) is 6.54 Å². The Morgan fingerprint density at radius 3 is 1.97 bits per heavy atom. The predicted octanol–water partition coefficient (Wildman–Crippen LogP) is 6.68. The summed E-state index contributed by atoms with van der Waals surface area (Å²) in [6.07, 6.45) is 0. The van der Waals surface area contributed by atoms with E-state index in [9.17, 15) is 8.42 Å². The first kappa shape index (κ1) is 25.1. The summed E-state index contributed by atoms with van der Waals surface area (Å²) < 4.78 is 29.4. The second kappa shape index (κ2) is 11.6. The minimum atomic E-state index is -3.92. The Labute approximate surface area is 224 Å². The van der Waals surface area contributed by atoms with Crippen molar-refractivity contribution in [2.45, 2.75) is 10.9 Å². The van der Waals surface area contributed by atoms with E-state index in [0.717, 1.165) is 27.5 Å². The molecule has 1 unspecified atom stereocenters. The molecule has 0 N–H and O–H groups in total. The molecule has 0 saturated heterocycles. The third kappa shape index (κ3) is 5.69. The summed E-state index contributed by atoms with van der Waals surface area (Å²) >= 11 is 0. The van der Waals surface area contributed by atoms with Crippen LogP contribution in [0.3, 0.4) is 0 Å². The SMILES string of the molecule is O=S(=O)(c1ccccc1)N(CC#Cc1cccc2ccccc12)C(C#Cc1ccccc1)c1ccccc1. The van der Waals surface area contributed by atoms with E-state index in [4.69, 9.17) is 0 Å². The minimum Gasteiger partial charge on any atom is -0.207 e. The Morgan fingerprint density at radius 2 is 1.24 bits per heavy atom. The van der Waals surface area contributed by atoms with Crippen LogP contribution in [0.1, 0.15) is 22.7 Å². The zero-order valence-electron chi connectivity index (χ0n) is 20.7. The molecule has 0 fully saturated rings. The van der Waals surface area contributed by atoms with E-state index in [1.54, 1.807) is 30.3 Å². The van der Waals surface area contributed by atoms with Crippen LogP contribution >= 0.6 is 0 Å². The van der Waals surface area contributed by atoms with Gasteiger partial charge in [-0.2, -0.15) is 4.31 Å². The van der Waals surface area contributed by atoms with Crippen molar-refractivity contribution < 1.29 is 8.42 Å². The smallest absolute Gasteiger partial charge is 0.207 e. The lowest BCUT2D eigenvalue weighted by molar-refractivity contribution is 0.410. The van der Waals surface area contributed by atoms with Crippen molar-refractivity contribution in [3.8, 4) is 23.7 Å². The molecule has 0 aliphatic heterocycles. The van der Waals surface area contributed by atoms with E-state index in [1.165, 1.54) is 4.31 Å². The summed E-state index contributed by atoms with van der Waals surface area (Å²) in [5.74, 6) is 12.8. The number of hydrogen-bond acceptors (Lipinski definition) is 2. The Morgan fingerprint density at radius 1 is 0.632 bits per heavy atom. The normalized spacial score (nSPS) is 11.7. The van der Waals surface area contributed by atoms with E-state index in [2.05, 4.69) is 23.7 Å². The standard InChI is InChI=1S/C34H25NO2S/c36-38(37,32-22-8-3-9-23-32)35(27-13-21-30-20-12-19-29-16-10-11-24-33(29)30)34(31-17-6-2-7-18-31)26-25-28-14-4-1-5-15-28/h1-12,14-20,22-24,34H,27H2. The largest absolute Gasteiger partial charge is 0.245 e. The van der Waals surface area contributed by atoms with Crippen molar-refractivity contribution in [1.82, 2.24) is 4.31 Å². The highest BCUT2D eigenvalue weighted by Crippen LogP contribution is 2.27. The Kier molecular flexibility index (Phi) is 7.67. The zero-order chi connectivity index (χ0) is 26.2. The quantitative estimate of drug-likeness (QED) is 0.247. The van der Waals surface area contributed by atoms with Gasteiger partial charge in [-0.1, -0.05) is 127 Å². The van der Waals surface area contributed by atoms with Gasteiger partial charge in [-0.25, -0.2) is 8.42 Å². The molecule has 0 amide bonds. The lowest BCUT2D eigenvalue weighted by atomic mass is 10.0. The van der Waals surface area contributed by atoms with Gasteiger partial charge < -0.3 is 0 Å². The van der Waals surface area contributed by atoms with Crippen molar-refractivity contribution in [1.29, 1.82) is 0 Å². The second-order valence-electron chi connectivity index (χ2n) is 8.64. The molecule has 5 rings (SSSR count). The molecule has 4 heteroatoms. The molecule has 0 heterocycles. The summed E-state index contributed by atoms with van der Waals surface area (Å²) in [5, 5.41) is 2.12. The van der Waals surface area contributed by atoms with E-state index in [1.807, 2.05) is 103 Å². The zero-order valence-corrected chi connectivity index (χ0v) is 21.5. The molecule has 3 nitrogen and oxygen atoms in total. The van der Waals surface area contributed by atoms with Crippen LogP contribution in [0.15, 0.2) is 138 Å². The maximum Gasteiger partial charge on any atom is 0.245 e. The van der Waals surface area contributed by atoms with Crippen molar-refractivity contribution in [2.24, 2.45) is 0 Å². The second-order valence-corrected chi connectivity index (χ2v) is 10.5. The van der Waals surface area contributed by atoms with Crippen LogP contribution in [0.4, 0.5) is 0 Å². The van der Waals surface area contributed by atoms with Crippen LogP contribution in [-0.2, 0) is 10.0 Å². The molecule has 0 spiro atoms. The number of sulfonamides is 1. The van der Waals surface area contributed by atoms with Crippen molar-refractivity contribution in [3.05, 3.63) is 150 Å². The van der Waals surface area contributed by atoms with Gasteiger partial charge in [-0.15, -0.1) is 0 Å². The van der Waals surface area contributed by atoms with Crippen LogP contribution in [0.25, 0.3) is 10.8 Å². The van der Waals surface area contributed by atoms with E-state index in [-0.39, 0.29) is 11.4 Å². The predicted molar refractivity (Wildman–Crippen MR) is 154 cm³/mol. The van der Waals surface area contributed by atoms with Crippen molar-refractivity contribution in [3.63, 3.8) is 0 Å². The number of hydrogen-bond donors (Lipinski definition) is 0. The summed E-state index contributed by atoms with van der Waals surface area (Å²) in [7, 11) is -3.92. The summed E-state index contributed by atoms with van der Waals surface area (Å²) in [4.78, 5) is 0.203. The molecule has 1 atom stereocenters. The summed E-state index contributed by atoms with van der Waals surface area (Å²) in [6.45, 7) is -0.0243. The maximum atomic E-state index is 14.0. The van der Waals surface area contributed by atoms with Crippen LogP contribution in [0.5, 0.6) is 0 Å². The summed E-state index contributed by atoms with van der Waals surface area (Å²) in [5.41, 5.74) is 2.45. The molecule has 0 aliphatic carbocycles. The van der Waals surface area contributed by atoms with Gasteiger partial charge in [-0.05, 0) is 46.7 Å². The molecule has 184 valence electrons. The molecular formula is C34H25NO2S. The topological polar surface area (TPSA) is 37.4 Å². The fourth-order valence-corrected chi connectivity index (χ4v) is 5.68. The van der Waals surface area contributed by atoms with Crippen LogP contribution < -0.4 is 0 Å². The molecule has 5 aromatic rings. The van der Waals surface area contributed by atoms with Crippen LogP contribution in [0.2, 0.25) is 0 Å². The minimum absolute atomic E-state index is 0.0243. The highest BCUT2D eigenvalue weighted by Gasteiger charge is 2.31. The van der Waals surface area contributed by atoms with Crippen LogP contribution in [-0.4, -0.2) is 19.3 Å². The molecular weight excluding hydrogens is 486 g/mol. The molecule has 0 saturated carbocycles. The molecule has 38 heavy (non-hydrogen) atoms. The number of rotatable bonds is 5. The van der Waals surface area contributed by atoms with Crippen LogP contribution in [0, 0.1) is 23.7 Å². The first-order valence-corrected chi connectivity index (χ1v) is 13.7. The van der Waals surface area contributed by atoms with Gasteiger partial charge in [0.15, 0.2) is 0 Å². The van der Waals surface area contributed by atoms with Gasteiger partial charge in [0.05, 0.1) is 11.4 Å². The average molecular weight is 512 g/mol. The van der Waals surface area contributed by atoms with E-state index >= 15 is 0 Å². The molecule has 5 aromatic carbocycles. The van der Waals surface area contributed by atoms with Gasteiger partial charge >= 0.3 is 0 Å². The van der Waals surface area contributed by atoms with E-state index in [0.29, 0.717) is 0 Å². The number of fused-ring (bicyclic) bond motifs is 1. The molecule has 0 aliphatic rings. The van der Waals surface area contributed by atoms with E-state index < -0.39 is 16.1 Å². The Hall–Kier alpha value is -4.61. The molecule has 0 aromatic heterocycles. The van der Waals surface area contributed by atoms with Gasteiger partial charge in [0.25, 0.3) is 0 Å². The Balaban J connectivity index is 1.61. The fraction of sp³-hybridized carbons (Fsp3) is 0.0588. The Bertz CT molecular complexity index is 1750. The van der Waals surface area contributed by atoms with Gasteiger partial charge in [0.1, 0.15) is 6.04 Å².